The highest BCUT2D eigenvalue weighted by Gasteiger charge is 2.23. The van der Waals surface area contributed by atoms with E-state index in [1.165, 1.54) is 11.3 Å². The van der Waals surface area contributed by atoms with Gasteiger partial charge in [0, 0.05) is 24.3 Å². The average Bonchev–Trinajstić information content (AvgIpc) is 3.16. The molecule has 0 fully saturated rings. The molecular weight excluding hydrogens is 292 g/mol. The minimum atomic E-state index is 0.326. The maximum absolute atomic E-state index is 5.79. The van der Waals surface area contributed by atoms with Crippen LogP contribution in [-0.2, 0) is 19.4 Å². The summed E-state index contributed by atoms with van der Waals surface area (Å²) in [5, 5.41) is 7.87. The molecule has 4 rings (SSSR count). The molecule has 0 radical (unpaired) electrons. The number of aromatic nitrogens is 3. The van der Waals surface area contributed by atoms with Crippen molar-refractivity contribution in [1.82, 2.24) is 14.8 Å². The Labute approximate surface area is 134 Å². The topological polar surface area (TPSA) is 65.1 Å². The molecule has 1 aliphatic carbocycles. The Morgan fingerprint density at radius 3 is 3.17 bits per heavy atom. The molecule has 6 heteroatoms. The summed E-state index contributed by atoms with van der Waals surface area (Å²) in [4.78, 5) is 4.51. The van der Waals surface area contributed by atoms with Crippen LogP contribution in [-0.4, -0.2) is 27.9 Å². The number of hydrogen-bond donors (Lipinski definition) is 1. The van der Waals surface area contributed by atoms with Gasteiger partial charge >= 0.3 is 0 Å². The van der Waals surface area contributed by atoms with E-state index in [9.17, 15) is 0 Å². The van der Waals surface area contributed by atoms with Gasteiger partial charge in [0.2, 0.25) is 0 Å². The molecule has 6 nitrogen and oxygen atoms in total. The number of nitrogens with zero attached hydrogens (tertiary/aromatic N) is 3. The fraction of sp³-hybridized carbons (Fsp3) is 0.412. The van der Waals surface area contributed by atoms with Crippen molar-refractivity contribution >= 4 is 17.1 Å². The third kappa shape index (κ3) is 2.54. The maximum Gasteiger partial charge on any atom is 0.295 e. The summed E-state index contributed by atoms with van der Waals surface area (Å²) in [6.07, 6.45) is 5.04. The van der Waals surface area contributed by atoms with Crippen LogP contribution in [0.25, 0.3) is 11.1 Å². The molecule has 0 aliphatic heterocycles. The van der Waals surface area contributed by atoms with Crippen molar-refractivity contribution in [3.8, 4) is 5.75 Å². The number of rotatable bonds is 4. The van der Waals surface area contributed by atoms with Crippen molar-refractivity contribution in [2.24, 2.45) is 0 Å². The first-order chi connectivity index (χ1) is 11.3. The van der Waals surface area contributed by atoms with Gasteiger partial charge in [-0.2, -0.15) is 10.1 Å². The monoisotopic (exact) mass is 312 g/mol. The molecule has 1 aromatic carbocycles. The molecule has 1 atom stereocenters. The summed E-state index contributed by atoms with van der Waals surface area (Å²) >= 11 is 0. The van der Waals surface area contributed by atoms with Gasteiger partial charge in [0.25, 0.3) is 6.01 Å². The normalized spacial score (nSPS) is 17.2. The molecular formula is C17H20N4O2. The predicted octanol–water partition coefficient (Wildman–Crippen LogP) is 3.02. The summed E-state index contributed by atoms with van der Waals surface area (Å²) in [6, 6.07) is 6.55. The lowest BCUT2D eigenvalue weighted by Gasteiger charge is -2.23. The van der Waals surface area contributed by atoms with Crippen LogP contribution in [0.4, 0.5) is 6.01 Å². The second kappa shape index (κ2) is 5.61. The van der Waals surface area contributed by atoms with Crippen molar-refractivity contribution in [3.63, 3.8) is 0 Å². The fourth-order valence-electron chi connectivity index (χ4n) is 3.25. The van der Waals surface area contributed by atoms with Crippen molar-refractivity contribution in [1.29, 1.82) is 0 Å². The number of oxazole rings is 1. The van der Waals surface area contributed by atoms with Crippen LogP contribution >= 0.6 is 0 Å². The Morgan fingerprint density at radius 1 is 1.43 bits per heavy atom. The lowest BCUT2D eigenvalue weighted by Crippen LogP contribution is -2.27. The summed E-state index contributed by atoms with van der Waals surface area (Å²) in [7, 11) is 1.65. The quantitative estimate of drug-likeness (QED) is 0.802. The zero-order valence-corrected chi connectivity index (χ0v) is 13.4. The summed E-state index contributed by atoms with van der Waals surface area (Å²) in [6.45, 7) is 3.06. The maximum atomic E-state index is 5.79. The largest absolute Gasteiger partial charge is 0.497 e. The van der Waals surface area contributed by atoms with Gasteiger partial charge in [0.1, 0.15) is 11.3 Å². The molecule has 0 amide bonds. The molecule has 23 heavy (non-hydrogen) atoms. The summed E-state index contributed by atoms with van der Waals surface area (Å²) in [5.74, 6) is 0.784. The van der Waals surface area contributed by atoms with Gasteiger partial charge in [-0.1, -0.05) is 0 Å². The van der Waals surface area contributed by atoms with E-state index in [-0.39, 0.29) is 0 Å². The molecule has 1 aliphatic rings. The van der Waals surface area contributed by atoms with Crippen molar-refractivity contribution in [2.45, 2.75) is 38.8 Å². The minimum absolute atomic E-state index is 0.326. The van der Waals surface area contributed by atoms with Crippen molar-refractivity contribution < 1.29 is 9.15 Å². The number of anilines is 1. The first kappa shape index (κ1) is 14.1. The predicted molar refractivity (Wildman–Crippen MR) is 87.9 cm³/mol. The molecule has 0 saturated heterocycles. The van der Waals surface area contributed by atoms with Crippen LogP contribution in [0.3, 0.4) is 0 Å². The number of hydrogen-bond acceptors (Lipinski definition) is 5. The van der Waals surface area contributed by atoms with E-state index in [0.29, 0.717) is 12.1 Å². The van der Waals surface area contributed by atoms with Crippen LogP contribution in [0, 0.1) is 0 Å². The Hall–Kier alpha value is -2.50. The number of methoxy groups -OCH3 is 1. The highest BCUT2D eigenvalue weighted by Crippen LogP contribution is 2.27. The second-order valence-corrected chi connectivity index (χ2v) is 5.87. The van der Waals surface area contributed by atoms with Crippen LogP contribution < -0.4 is 10.1 Å². The third-order valence-electron chi connectivity index (χ3n) is 4.45. The Bertz CT molecular complexity index is 836. The second-order valence-electron chi connectivity index (χ2n) is 5.87. The van der Waals surface area contributed by atoms with Gasteiger partial charge in [0.05, 0.1) is 13.3 Å². The van der Waals surface area contributed by atoms with Crippen molar-refractivity contribution in [3.05, 3.63) is 35.7 Å². The van der Waals surface area contributed by atoms with E-state index >= 15 is 0 Å². The van der Waals surface area contributed by atoms with Gasteiger partial charge < -0.3 is 14.5 Å². The standard InChI is InChI=1S/C17H20N4O2/c1-3-21-15-6-4-12(8-11(15)10-18-21)19-17-20-14-9-13(22-2)5-7-16(14)23-17/h5,7,9-10,12H,3-4,6,8H2,1-2H3,(H,19,20). The van der Waals surface area contributed by atoms with Gasteiger partial charge in [-0.15, -0.1) is 0 Å². The van der Waals surface area contributed by atoms with Gasteiger partial charge in [-0.3, -0.25) is 4.68 Å². The Morgan fingerprint density at radius 2 is 2.35 bits per heavy atom. The van der Waals surface area contributed by atoms with E-state index in [2.05, 4.69) is 27.0 Å². The zero-order valence-electron chi connectivity index (χ0n) is 13.4. The lowest BCUT2D eigenvalue weighted by atomic mass is 9.93. The number of ether oxygens (including phenoxy) is 1. The number of benzene rings is 1. The number of aryl methyl sites for hydroxylation is 1. The SMILES string of the molecule is CCn1ncc2c1CCC(Nc1nc3cc(OC)ccc3o1)C2. The van der Waals surface area contributed by atoms with E-state index in [4.69, 9.17) is 9.15 Å². The van der Waals surface area contributed by atoms with Crippen LogP contribution in [0.2, 0.25) is 0 Å². The van der Waals surface area contributed by atoms with Gasteiger partial charge in [-0.05, 0) is 43.9 Å². The molecule has 0 spiro atoms. The molecule has 0 bridgehead atoms. The zero-order chi connectivity index (χ0) is 15.8. The molecule has 1 N–H and O–H groups in total. The fourth-order valence-corrected chi connectivity index (χ4v) is 3.25. The lowest BCUT2D eigenvalue weighted by molar-refractivity contribution is 0.415. The number of nitrogens with one attached hydrogen (secondary N) is 1. The minimum Gasteiger partial charge on any atom is -0.497 e. The third-order valence-corrected chi connectivity index (χ3v) is 4.45. The number of fused-ring (bicyclic) bond motifs is 2. The Kier molecular flexibility index (Phi) is 3.44. The molecule has 0 saturated carbocycles. The van der Waals surface area contributed by atoms with E-state index in [1.54, 1.807) is 7.11 Å². The molecule has 2 heterocycles. The Balaban J connectivity index is 1.52. The molecule has 120 valence electrons. The van der Waals surface area contributed by atoms with E-state index in [1.807, 2.05) is 24.4 Å². The molecule has 3 aromatic rings. The van der Waals surface area contributed by atoms with E-state index in [0.717, 1.165) is 42.7 Å². The summed E-state index contributed by atoms with van der Waals surface area (Å²) < 4.78 is 13.1. The first-order valence-corrected chi connectivity index (χ1v) is 8.01. The smallest absolute Gasteiger partial charge is 0.295 e. The first-order valence-electron chi connectivity index (χ1n) is 8.01. The van der Waals surface area contributed by atoms with E-state index < -0.39 is 0 Å². The molecule has 1 unspecified atom stereocenters. The highest BCUT2D eigenvalue weighted by atomic mass is 16.5. The van der Waals surface area contributed by atoms with Crippen LogP contribution in [0.1, 0.15) is 24.6 Å². The molecule has 2 aromatic heterocycles. The summed E-state index contributed by atoms with van der Waals surface area (Å²) in [5.41, 5.74) is 4.27. The van der Waals surface area contributed by atoms with Gasteiger partial charge in [0.15, 0.2) is 5.58 Å². The van der Waals surface area contributed by atoms with Crippen LogP contribution in [0.5, 0.6) is 5.75 Å². The average molecular weight is 312 g/mol. The van der Waals surface area contributed by atoms with Gasteiger partial charge in [-0.25, -0.2) is 0 Å². The van der Waals surface area contributed by atoms with Crippen LogP contribution in [0.15, 0.2) is 28.8 Å². The highest BCUT2D eigenvalue weighted by molar-refractivity contribution is 5.76. The van der Waals surface area contributed by atoms with Crippen molar-refractivity contribution in [2.75, 3.05) is 12.4 Å².